The third-order valence-corrected chi connectivity index (χ3v) is 4.75. The first-order chi connectivity index (χ1) is 10.0. The van der Waals surface area contributed by atoms with Gasteiger partial charge in [-0.15, -0.1) is 0 Å². The van der Waals surface area contributed by atoms with Gasteiger partial charge in [-0.3, -0.25) is 4.79 Å². The third-order valence-electron chi connectivity index (χ3n) is 2.87. The molecular formula is C16H14Br2O3. The Balaban J connectivity index is 2.28. The largest absolute Gasteiger partial charge is 0.507 e. The standard InChI is InChI=1S/C16H14Br2O3/c1-2-7-21-11-4-5-12(15(19)9-11)16(20)10-3-6-13(17)14(18)8-10/h3-6,8-9,19H,2,7H2,1H3. The molecule has 0 fully saturated rings. The van der Waals surface area contributed by atoms with Gasteiger partial charge < -0.3 is 9.84 Å². The van der Waals surface area contributed by atoms with Crippen LogP contribution in [-0.4, -0.2) is 17.5 Å². The summed E-state index contributed by atoms with van der Waals surface area (Å²) in [6.45, 7) is 2.58. The summed E-state index contributed by atoms with van der Waals surface area (Å²) in [4.78, 5) is 12.4. The zero-order valence-corrected chi connectivity index (χ0v) is 14.6. The lowest BCUT2D eigenvalue weighted by Gasteiger charge is -2.08. The number of phenolic OH excluding ortho intramolecular Hbond substituents is 1. The quantitative estimate of drug-likeness (QED) is 0.706. The molecule has 3 nitrogen and oxygen atoms in total. The fourth-order valence-corrected chi connectivity index (χ4v) is 2.43. The van der Waals surface area contributed by atoms with Crippen molar-refractivity contribution in [2.75, 3.05) is 6.61 Å². The highest BCUT2D eigenvalue weighted by Crippen LogP contribution is 2.29. The van der Waals surface area contributed by atoms with Gasteiger partial charge in [0.1, 0.15) is 11.5 Å². The minimum Gasteiger partial charge on any atom is -0.507 e. The maximum Gasteiger partial charge on any atom is 0.196 e. The summed E-state index contributed by atoms with van der Waals surface area (Å²) in [5.41, 5.74) is 0.760. The highest BCUT2D eigenvalue weighted by molar-refractivity contribution is 9.13. The normalized spacial score (nSPS) is 10.4. The summed E-state index contributed by atoms with van der Waals surface area (Å²) < 4.78 is 7.08. The first-order valence-electron chi connectivity index (χ1n) is 6.48. The van der Waals surface area contributed by atoms with E-state index in [-0.39, 0.29) is 17.1 Å². The number of benzene rings is 2. The molecule has 0 radical (unpaired) electrons. The van der Waals surface area contributed by atoms with Crippen molar-refractivity contribution in [3.05, 3.63) is 56.5 Å². The van der Waals surface area contributed by atoms with Gasteiger partial charge in [0, 0.05) is 20.6 Å². The number of carbonyl (C=O) groups is 1. The fraction of sp³-hybridized carbons (Fsp3) is 0.188. The van der Waals surface area contributed by atoms with Crippen LogP contribution in [0.4, 0.5) is 0 Å². The first kappa shape index (κ1) is 16.0. The average Bonchev–Trinajstić information content (AvgIpc) is 2.47. The van der Waals surface area contributed by atoms with E-state index >= 15 is 0 Å². The molecular weight excluding hydrogens is 400 g/mol. The molecule has 1 N–H and O–H groups in total. The molecule has 2 aromatic rings. The lowest BCUT2D eigenvalue weighted by Crippen LogP contribution is -2.02. The Labute approximate surface area is 140 Å². The van der Waals surface area contributed by atoms with E-state index in [1.54, 1.807) is 30.3 Å². The molecule has 0 aliphatic rings. The van der Waals surface area contributed by atoms with E-state index in [9.17, 15) is 9.90 Å². The number of halogens is 2. The minimum atomic E-state index is -0.234. The predicted octanol–water partition coefficient (Wildman–Crippen LogP) is 4.94. The molecule has 0 aromatic heterocycles. The first-order valence-corrected chi connectivity index (χ1v) is 8.07. The van der Waals surface area contributed by atoms with Crippen molar-refractivity contribution < 1.29 is 14.6 Å². The Hall–Kier alpha value is -1.33. The number of hydrogen-bond acceptors (Lipinski definition) is 3. The van der Waals surface area contributed by atoms with Gasteiger partial charge in [-0.25, -0.2) is 0 Å². The van der Waals surface area contributed by atoms with Crippen LogP contribution in [0.25, 0.3) is 0 Å². The van der Waals surface area contributed by atoms with Crippen molar-refractivity contribution in [3.8, 4) is 11.5 Å². The zero-order chi connectivity index (χ0) is 15.4. The molecule has 2 aromatic carbocycles. The molecule has 0 atom stereocenters. The molecule has 0 spiro atoms. The highest BCUT2D eigenvalue weighted by atomic mass is 79.9. The van der Waals surface area contributed by atoms with Crippen LogP contribution in [-0.2, 0) is 0 Å². The van der Waals surface area contributed by atoms with Gasteiger partial charge in [0.2, 0.25) is 0 Å². The Bertz CT molecular complexity index is 669. The molecule has 5 heteroatoms. The van der Waals surface area contributed by atoms with Gasteiger partial charge in [-0.2, -0.15) is 0 Å². The lowest BCUT2D eigenvalue weighted by molar-refractivity contribution is 0.103. The maximum atomic E-state index is 12.4. The highest BCUT2D eigenvalue weighted by Gasteiger charge is 2.15. The van der Waals surface area contributed by atoms with Crippen LogP contribution in [0.1, 0.15) is 29.3 Å². The lowest BCUT2D eigenvalue weighted by atomic mass is 10.0. The van der Waals surface area contributed by atoms with Crippen LogP contribution < -0.4 is 4.74 Å². The second kappa shape index (κ2) is 7.09. The van der Waals surface area contributed by atoms with Crippen LogP contribution in [0.5, 0.6) is 11.5 Å². The van der Waals surface area contributed by atoms with Gasteiger partial charge in [-0.1, -0.05) is 6.92 Å². The van der Waals surface area contributed by atoms with E-state index in [2.05, 4.69) is 31.9 Å². The van der Waals surface area contributed by atoms with Crippen molar-refractivity contribution in [3.63, 3.8) is 0 Å². The van der Waals surface area contributed by atoms with Crippen molar-refractivity contribution in [1.82, 2.24) is 0 Å². The Kier molecular flexibility index (Phi) is 5.42. The van der Waals surface area contributed by atoms with Gasteiger partial charge >= 0.3 is 0 Å². The topological polar surface area (TPSA) is 46.5 Å². The number of aromatic hydroxyl groups is 1. The summed E-state index contributed by atoms with van der Waals surface area (Å²) in [7, 11) is 0. The number of rotatable bonds is 5. The van der Waals surface area contributed by atoms with Gasteiger partial charge in [-0.05, 0) is 68.6 Å². The van der Waals surface area contributed by atoms with E-state index in [4.69, 9.17) is 4.74 Å². The van der Waals surface area contributed by atoms with Crippen LogP contribution in [0, 0.1) is 0 Å². The number of phenols is 1. The summed E-state index contributed by atoms with van der Waals surface area (Å²) >= 11 is 6.72. The zero-order valence-electron chi connectivity index (χ0n) is 11.4. The van der Waals surface area contributed by atoms with Crippen molar-refractivity contribution in [2.45, 2.75) is 13.3 Å². The van der Waals surface area contributed by atoms with Crippen LogP contribution in [0.2, 0.25) is 0 Å². The molecule has 2 rings (SSSR count). The summed E-state index contributed by atoms with van der Waals surface area (Å²) in [5.74, 6) is 0.248. The molecule has 0 unspecified atom stereocenters. The SMILES string of the molecule is CCCOc1ccc(C(=O)c2ccc(Br)c(Br)c2)c(O)c1. The molecule has 110 valence electrons. The number of ketones is 1. The molecule has 0 bridgehead atoms. The van der Waals surface area contributed by atoms with E-state index in [1.807, 2.05) is 6.92 Å². The molecule has 0 aliphatic carbocycles. The van der Waals surface area contributed by atoms with Gasteiger partial charge in [0.05, 0.1) is 12.2 Å². The molecule has 21 heavy (non-hydrogen) atoms. The van der Waals surface area contributed by atoms with Crippen LogP contribution in [0.15, 0.2) is 45.3 Å². The molecule has 0 aliphatic heterocycles. The average molecular weight is 414 g/mol. The molecule has 0 heterocycles. The summed E-state index contributed by atoms with van der Waals surface area (Å²) in [5, 5.41) is 10.0. The molecule has 0 amide bonds. The second-order valence-corrected chi connectivity index (χ2v) is 6.19. The Morgan fingerprint density at radius 1 is 1.14 bits per heavy atom. The number of hydrogen-bond donors (Lipinski definition) is 1. The van der Waals surface area contributed by atoms with Crippen molar-refractivity contribution in [1.29, 1.82) is 0 Å². The monoisotopic (exact) mass is 412 g/mol. The van der Waals surface area contributed by atoms with Gasteiger partial charge in [0.15, 0.2) is 5.78 Å². The van der Waals surface area contributed by atoms with E-state index in [0.717, 1.165) is 15.4 Å². The second-order valence-electron chi connectivity index (χ2n) is 4.49. The minimum absolute atomic E-state index is 0.0763. The predicted molar refractivity (Wildman–Crippen MR) is 89.2 cm³/mol. The van der Waals surface area contributed by atoms with Crippen LogP contribution >= 0.6 is 31.9 Å². The summed E-state index contributed by atoms with van der Waals surface area (Å²) in [6, 6.07) is 9.95. The van der Waals surface area contributed by atoms with Gasteiger partial charge in [0.25, 0.3) is 0 Å². The van der Waals surface area contributed by atoms with Crippen molar-refractivity contribution in [2.24, 2.45) is 0 Å². The maximum absolute atomic E-state index is 12.4. The fourth-order valence-electron chi connectivity index (χ4n) is 1.81. The summed E-state index contributed by atoms with van der Waals surface area (Å²) in [6.07, 6.45) is 0.883. The Morgan fingerprint density at radius 3 is 2.52 bits per heavy atom. The van der Waals surface area contributed by atoms with Crippen LogP contribution in [0.3, 0.4) is 0 Å². The third kappa shape index (κ3) is 3.86. The molecule has 0 saturated carbocycles. The number of ether oxygens (including phenoxy) is 1. The molecule has 0 saturated heterocycles. The number of carbonyl (C=O) groups excluding carboxylic acids is 1. The smallest absolute Gasteiger partial charge is 0.196 e. The van der Waals surface area contributed by atoms with E-state index < -0.39 is 0 Å². The Morgan fingerprint density at radius 2 is 1.90 bits per heavy atom. The van der Waals surface area contributed by atoms with E-state index in [0.29, 0.717) is 17.9 Å². The van der Waals surface area contributed by atoms with E-state index in [1.165, 1.54) is 6.07 Å². The van der Waals surface area contributed by atoms with Crippen molar-refractivity contribution >= 4 is 37.6 Å².